The van der Waals surface area contributed by atoms with Gasteiger partial charge in [-0.25, -0.2) is 0 Å². The van der Waals surface area contributed by atoms with Gasteiger partial charge < -0.3 is 15.6 Å². The lowest BCUT2D eigenvalue weighted by molar-refractivity contribution is -0.123. The third-order valence-corrected chi connectivity index (χ3v) is 2.28. The Kier molecular flexibility index (Phi) is 3.24. The molecule has 3 N–H and O–H groups in total. The first-order valence-corrected chi connectivity index (χ1v) is 4.67. The van der Waals surface area contributed by atoms with E-state index in [1.165, 1.54) is 0 Å². The van der Waals surface area contributed by atoms with E-state index < -0.39 is 0 Å². The predicted octanol–water partition coefficient (Wildman–Crippen LogP) is 0.429. The maximum Gasteiger partial charge on any atom is 0.242 e. The van der Waals surface area contributed by atoms with Crippen LogP contribution >= 0.6 is 12.2 Å². The molecule has 1 aromatic heterocycles. The zero-order chi connectivity index (χ0) is 10.7. The highest BCUT2D eigenvalue weighted by Gasteiger charge is 2.15. The first kappa shape index (κ1) is 10.7. The number of thiocarbonyl (C=S) groups is 1. The number of amides is 1. The second-order valence-electron chi connectivity index (χ2n) is 2.96. The Morgan fingerprint density at radius 3 is 2.86 bits per heavy atom. The number of hydrogen-bond donors (Lipinski definition) is 2. The van der Waals surface area contributed by atoms with Gasteiger partial charge in [0.15, 0.2) is 0 Å². The minimum absolute atomic E-state index is 0.0706. The summed E-state index contributed by atoms with van der Waals surface area (Å²) in [5, 5.41) is 2.58. The van der Waals surface area contributed by atoms with Gasteiger partial charge in [0.25, 0.3) is 0 Å². The zero-order valence-electron chi connectivity index (χ0n) is 8.15. The standard InChI is InChI=1S/C9H13N3OS/c1-6(9(13)11-2)12-5-3-4-7(12)8(10)14/h3-6H,1-2H3,(H2,10,14)(H,11,13). The lowest BCUT2D eigenvalue weighted by Gasteiger charge is -2.15. The van der Waals surface area contributed by atoms with Gasteiger partial charge in [-0.05, 0) is 19.1 Å². The van der Waals surface area contributed by atoms with Crippen molar-refractivity contribution in [3.8, 4) is 0 Å². The van der Waals surface area contributed by atoms with E-state index in [2.05, 4.69) is 5.32 Å². The fourth-order valence-corrected chi connectivity index (χ4v) is 1.45. The summed E-state index contributed by atoms with van der Waals surface area (Å²) in [6, 6.07) is 3.31. The molecule has 1 heterocycles. The number of nitrogens with one attached hydrogen (secondary N) is 1. The maximum atomic E-state index is 11.4. The summed E-state index contributed by atoms with van der Waals surface area (Å²) in [6.07, 6.45) is 1.79. The molecular formula is C9H13N3OS. The summed E-state index contributed by atoms with van der Waals surface area (Å²) < 4.78 is 1.75. The van der Waals surface area contributed by atoms with Crippen LogP contribution < -0.4 is 11.1 Å². The van der Waals surface area contributed by atoms with Gasteiger partial charge in [-0.15, -0.1) is 0 Å². The van der Waals surface area contributed by atoms with Gasteiger partial charge in [-0.3, -0.25) is 4.79 Å². The molecular weight excluding hydrogens is 198 g/mol. The van der Waals surface area contributed by atoms with Crippen molar-refractivity contribution in [3.05, 3.63) is 24.0 Å². The van der Waals surface area contributed by atoms with Crippen molar-refractivity contribution in [1.29, 1.82) is 0 Å². The molecule has 0 aliphatic heterocycles. The van der Waals surface area contributed by atoms with Gasteiger partial charge in [0, 0.05) is 13.2 Å². The van der Waals surface area contributed by atoms with Crippen molar-refractivity contribution in [1.82, 2.24) is 9.88 Å². The number of carbonyl (C=O) groups is 1. The molecule has 0 bridgehead atoms. The van der Waals surface area contributed by atoms with Crippen molar-refractivity contribution in [2.24, 2.45) is 5.73 Å². The van der Waals surface area contributed by atoms with Crippen LogP contribution in [0, 0.1) is 0 Å². The van der Waals surface area contributed by atoms with Crippen molar-refractivity contribution >= 4 is 23.1 Å². The van der Waals surface area contributed by atoms with Crippen LogP contribution in [0.2, 0.25) is 0 Å². The second-order valence-corrected chi connectivity index (χ2v) is 3.39. The monoisotopic (exact) mass is 211 g/mol. The number of nitrogens with two attached hydrogens (primary N) is 1. The molecule has 4 nitrogen and oxygen atoms in total. The molecule has 0 aliphatic rings. The summed E-state index contributed by atoms with van der Waals surface area (Å²) in [4.78, 5) is 11.7. The van der Waals surface area contributed by atoms with E-state index in [0.29, 0.717) is 10.7 Å². The van der Waals surface area contributed by atoms with Crippen LogP contribution in [0.15, 0.2) is 18.3 Å². The molecule has 0 spiro atoms. The Hall–Kier alpha value is -1.36. The molecule has 0 aromatic carbocycles. The van der Waals surface area contributed by atoms with E-state index in [-0.39, 0.29) is 11.9 Å². The summed E-state index contributed by atoms with van der Waals surface area (Å²) in [7, 11) is 1.60. The van der Waals surface area contributed by atoms with Gasteiger partial charge >= 0.3 is 0 Å². The van der Waals surface area contributed by atoms with Crippen molar-refractivity contribution in [2.45, 2.75) is 13.0 Å². The Morgan fingerprint density at radius 2 is 2.36 bits per heavy atom. The highest BCUT2D eigenvalue weighted by atomic mass is 32.1. The van der Waals surface area contributed by atoms with E-state index in [9.17, 15) is 4.79 Å². The number of likely N-dealkylation sites (N-methyl/N-ethyl adjacent to an activating group) is 1. The Labute approximate surface area is 88.1 Å². The molecule has 14 heavy (non-hydrogen) atoms. The Morgan fingerprint density at radius 1 is 1.71 bits per heavy atom. The van der Waals surface area contributed by atoms with E-state index in [1.54, 1.807) is 30.8 Å². The number of rotatable bonds is 3. The Balaban J connectivity index is 3.00. The van der Waals surface area contributed by atoms with Crippen LogP contribution in [0.4, 0.5) is 0 Å². The van der Waals surface area contributed by atoms with Gasteiger partial charge in [-0.2, -0.15) is 0 Å². The first-order chi connectivity index (χ1) is 6.57. The fraction of sp³-hybridized carbons (Fsp3) is 0.333. The summed E-state index contributed by atoms with van der Waals surface area (Å²) in [5.41, 5.74) is 6.22. The molecule has 1 atom stereocenters. The van der Waals surface area contributed by atoms with Crippen molar-refractivity contribution < 1.29 is 4.79 Å². The molecule has 76 valence electrons. The van der Waals surface area contributed by atoms with Crippen molar-refractivity contribution in [2.75, 3.05) is 7.05 Å². The smallest absolute Gasteiger partial charge is 0.242 e. The summed E-state index contributed by atoms with van der Waals surface area (Å²) in [5.74, 6) is -0.0706. The molecule has 0 radical (unpaired) electrons. The summed E-state index contributed by atoms with van der Waals surface area (Å²) >= 11 is 4.87. The molecule has 1 rings (SSSR count). The SMILES string of the molecule is CNC(=O)C(C)n1cccc1C(N)=S. The molecule has 0 aliphatic carbocycles. The number of hydrogen-bond acceptors (Lipinski definition) is 2. The lowest BCUT2D eigenvalue weighted by Crippen LogP contribution is -2.29. The fourth-order valence-electron chi connectivity index (χ4n) is 1.28. The van der Waals surface area contributed by atoms with E-state index >= 15 is 0 Å². The number of carbonyl (C=O) groups excluding carboxylic acids is 1. The van der Waals surface area contributed by atoms with Crippen molar-refractivity contribution in [3.63, 3.8) is 0 Å². The molecule has 1 unspecified atom stereocenters. The third-order valence-electron chi connectivity index (χ3n) is 2.07. The molecule has 1 amide bonds. The van der Waals surface area contributed by atoms with Crippen LogP contribution in [-0.4, -0.2) is 22.5 Å². The minimum atomic E-state index is -0.300. The average molecular weight is 211 g/mol. The Bertz CT molecular complexity index is 359. The third kappa shape index (κ3) is 1.93. The number of nitrogens with zero attached hydrogens (tertiary/aromatic N) is 1. The lowest BCUT2D eigenvalue weighted by atomic mass is 10.3. The quantitative estimate of drug-likeness (QED) is 0.713. The zero-order valence-corrected chi connectivity index (χ0v) is 8.97. The van der Waals surface area contributed by atoms with Crippen LogP contribution in [0.5, 0.6) is 0 Å². The number of aromatic nitrogens is 1. The molecule has 0 saturated carbocycles. The van der Waals surface area contributed by atoms with Gasteiger partial charge in [0.2, 0.25) is 5.91 Å². The molecule has 5 heteroatoms. The van der Waals surface area contributed by atoms with Crippen LogP contribution in [-0.2, 0) is 4.79 Å². The molecule has 0 fully saturated rings. The van der Waals surface area contributed by atoms with Crippen LogP contribution in [0.1, 0.15) is 18.7 Å². The topological polar surface area (TPSA) is 60.0 Å². The van der Waals surface area contributed by atoms with Crippen LogP contribution in [0.3, 0.4) is 0 Å². The molecule has 0 saturated heterocycles. The predicted molar refractivity (Wildman–Crippen MR) is 59.1 cm³/mol. The van der Waals surface area contributed by atoms with E-state index in [0.717, 1.165) is 0 Å². The minimum Gasteiger partial charge on any atom is -0.388 e. The summed E-state index contributed by atoms with van der Waals surface area (Å²) in [6.45, 7) is 1.79. The first-order valence-electron chi connectivity index (χ1n) is 4.26. The second kappa shape index (κ2) is 4.23. The highest BCUT2D eigenvalue weighted by Crippen LogP contribution is 2.11. The molecule has 1 aromatic rings. The maximum absolute atomic E-state index is 11.4. The largest absolute Gasteiger partial charge is 0.388 e. The van der Waals surface area contributed by atoms with E-state index in [1.807, 2.05) is 6.07 Å². The van der Waals surface area contributed by atoms with Gasteiger partial charge in [0.1, 0.15) is 11.0 Å². The van der Waals surface area contributed by atoms with E-state index in [4.69, 9.17) is 18.0 Å². The van der Waals surface area contributed by atoms with Crippen LogP contribution in [0.25, 0.3) is 0 Å². The van der Waals surface area contributed by atoms with Gasteiger partial charge in [0.05, 0.1) is 5.69 Å². The highest BCUT2D eigenvalue weighted by molar-refractivity contribution is 7.80. The van der Waals surface area contributed by atoms with Gasteiger partial charge in [-0.1, -0.05) is 12.2 Å². The average Bonchev–Trinajstić information content (AvgIpc) is 2.63. The normalized spacial score (nSPS) is 12.1.